The van der Waals surface area contributed by atoms with Gasteiger partial charge >= 0.3 is 6.09 Å². The van der Waals surface area contributed by atoms with Crippen molar-refractivity contribution in [2.45, 2.75) is 19.6 Å². The van der Waals surface area contributed by atoms with E-state index in [1.807, 2.05) is 0 Å². The van der Waals surface area contributed by atoms with Gasteiger partial charge in [0.25, 0.3) is 0 Å². The van der Waals surface area contributed by atoms with Crippen LogP contribution in [-0.4, -0.2) is 11.9 Å². The van der Waals surface area contributed by atoms with Crippen LogP contribution in [0.2, 0.25) is 0 Å². The normalized spacial score (nSPS) is 15.2. The molecule has 5 heteroatoms. The Morgan fingerprint density at radius 2 is 2.24 bits per heavy atom. The summed E-state index contributed by atoms with van der Waals surface area (Å²) in [5, 5.41) is 2.31. The zero-order valence-electron chi connectivity index (χ0n) is 9.65. The number of rotatable bonds is 2. The van der Waals surface area contributed by atoms with Gasteiger partial charge < -0.3 is 14.2 Å². The first kappa shape index (κ1) is 11.3. The molecule has 0 aliphatic carbocycles. The van der Waals surface area contributed by atoms with Crippen molar-refractivity contribution in [3.63, 3.8) is 0 Å². The standard InChI is InChI=1S/C12H13NO4/c1-4-13-11(14)15-8-6-5-7-9-10(8)17-12(2,3)16-9/h4-7H,1H2,2-3H3,(H,13,14). The molecule has 90 valence electrons. The van der Waals surface area contributed by atoms with Crippen LogP contribution in [0.15, 0.2) is 31.0 Å². The second kappa shape index (κ2) is 4.01. The third kappa shape index (κ3) is 2.33. The van der Waals surface area contributed by atoms with E-state index < -0.39 is 11.9 Å². The van der Waals surface area contributed by atoms with Gasteiger partial charge in [-0.15, -0.1) is 0 Å². The molecule has 2 rings (SSSR count). The summed E-state index contributed by atoms with van der Waals surface area (Å²) in [6, 6.07) is 5.11. The van der Waals surface area contributed by atoms with Crippen molar-refractivity contribution in [1.29, 1.82) is 0 Å². The average Bonchev–Trinajstić information content (AvgIpc) is 2.53. The fraction of sp³-hybridized carbons (Fsp3) is 0.250. The highest BCUT2D eigenvalue weighted by atomic mass is 16.7. The Labute approximate surface area is 99.0 Å². The van der Waals surface area contributed by atoms with Crippen LogP contribution >= 0.6 is 0 Å². The lowest BCUT2D eigenvalue weighted by Crippen LogP contribution is -2.30. The lowest BCUT2D eigenvalue weighted by atomic mass is 10.3. The summed E-state index contributed by atoms with van der Waals surface area (Å²) >= 11 is 0. The van der Waals surface area contributed by atoms with Crippen molar-refractivity contribution >= 4 is 6.09 Å². The van der Waals surface area contributed by atoms with Crippen LogP contribution in [0.4, 0.5) is 4.79 Å². The molecule has 5 nitrogen and oxygen atoms in total. The largest absolute Gasteiger partial charge is 0.449 e. The Morgan fingerprint density at radius 3 is 2.94 bits per heavy atom. The minimum atomic E-state index is -0.753. The Kier molecular flexibility index (Phi) is 2.67. The quantitative estimate of drug-likeness (QED) is 0.855. The van der Waals surface area contributed by atoms with Gasteiger partial charge in [-0.3, -0.25) is 5.32 Å². The maximum atomic E-state index is 11.3. The van der Waals surface area contributed by atoms with Gasteiger partial charge in [0.05, 0.1) is 0 Å². The van der Waals surface area contributed by atoms with Gasteiger partial charge in [0.1, 0.15) is 0 Å². The monoisotopic (exact) mass is 235 g/mol. The Morgan fingerprint density at radius 1 is 1.47 bits per heavy atom. The number of fused-ring (bicyclic) bond motifs is 1. The topological polar surface area (TPSA) is 56.8 Å². The zero-order chi connectivity index (χ0) is 12.5. The van der Waals surface area contributed by atoms with Crippen LogP contribution in [0, 0.1) is 0 Å². The van der Waals surface area contributed by atoms with E-state index in [0.717, 1.165) is 0 Å². The summed E-state index contributed by atoms with van der Waals surface area (Å²) in [5.41, 5.74) is 0. The van der Waals surface area contributed by atoms with E-state index in [1.54, 1.807) is 32.0 Å². The summed E-state index contributed by atoms with van der Waals surface area (Å²) in [6.45, 7) is 6.93. The summed E-state index contributed by atoms with van der Waals surface area (Å²) in [4.78, 5) is 11.3. The second-order valence-electron chi connectivity index (χ2n) is 3.93. The summed E-state index contributed by atoms with van der Waals surface area (Å²) < 4.78 is 16.1. The van der Waals surface area contributed by atoms with Gasteiger partial charge in [0.15, 0.2) is 11.5 Å². The highest BCUT2D eigenvalue weighted by Crippen LogP contribution is 2.45. The number of carbonyl (C=O) groups excluding carboxylic acids is 1. The summed E-state index contributed by atoms with van der Waals surface area (Å²) in [6.07, 6.45) is 0.619. The van der Waals surface area contributed by atoms with Crippen molar-refractivity contribution < 1.29 is 19.0 Å². The number of benzene rings is 1. The first-order valence-corrected chi connectivity index (χ1v) is 5.12. The highest BCUT2D eigenvalue weighted by Gasteiger charge is 2.34. The molecule has 1 aliphatic rings. The number of hydrogen-bond acceptors (Lipinski definition) is 4. The van der Waals surface area contributed by atoms with Crippen LogP contribution in [0.5, 0.6) is 17.2 Å². The first-order chi connectivity index (χ1) is 8.02. The first-order valence-electron chi connectivity index (χ1n) is 5.12. The van der Waals surface area contributed by atoms with E-state index in [0.29, 0.717) is 17.2 Å². The second-order valence-corrected chi connectivity index (χ2v) is 3.93. The molecule has 1 aromatic rings. The van der Waals surface area contributed by atoms with Crippen LogP contribution in [-0.2, 0) is 0 Å². The molecule has 17 heavy (non-hydrogen) atoms. The number of nitrogens with one attached hydrogen (secondary N) is 1. The van der Waals surface area contributed by atoms with Crippen LogP contribution in [0.3, 0.4) is 0 Å². The smallest absolute Gasteiger partial charge is 0.416 e. The van der Waals surface area contributed by atoms with Crippen LogP contribution < -0.4 is 19.5 Å². The molecule has 0 bridgehead atoms. The molecule has 0 fully saturated rings. The lowest BCUT2D eigenvalue weighted by molar-refractivity contribution is -0.0438. The maximum absolute atomic E-state index is 11.3. The van der Waals surface area contributed by atoms with Gasteiger partial charge in [0.2, 0.25) is 11.5 Å². The van der Waals surface area contributed by atoms with Crippen molar-refractivity contribution in [3.8, 4) is 17.2 Å². The van der Waals surface area contributed by atoms with Crippen molar-refractivity contribution in [2.24, 2.45) is 0 Å². The van der Waals surface area contributed by atoms with Crippen molar-refractivity contribution in [2.75, 3.05) is 0 Å². The number of hydrogen-bond donors (Lipinski definition) is 1. The van der Waals surface area contributed by atoms with E-state index in [9.17, 15) is 4.79 Å². The number of ether oxygens (including phenoxy) is 3. The molecule has 0 saturated heterocycles. The highest BCUT2D eigenvalue weighted by molar-refractivity contribution is 5.73. The third-order valence-corrected chi connectivity index (χ3v) is 2.07. The van der Waals surface area contributed by atoms with E-state index in [-0.39, 0.29) is 0 Å². The summed E-state index contributed by atoms with van der Waals surface area (Å²) in [7, 11) is 0. The maximum Gasteiger partial charge on any atom is 0.416 e. The predicted molar refractivity (Wildman–Crippen MR) is 61.1 cm³/mol. The van der Waals surface area contributed by atoms with Gasteiger partial charge in [-0.05, 0) is 18.3 Å². The van der Waals surface area contributed by atoms with E-state index >= 15 is 0 Å². The van der Waals surface area contributed by atoms with Gasteiger partial charge in [0, 0.05) is 13.8 Å². The van der Waals surface area contributed by atoms with E-state index in [1.165, 1.54) is 6.20 Å². The molecule has 0 unspecified atom stereocenters. The van der Waals surface area contributed by atoms with Crippen molar-refractivity contribution in [3.05, 3.63) is 31.0 Å². The molecule has 1 heterocycles. The van der Waals surface area contributed by atoms with Crippen molar-refractivity contribution in [1.82, 2.24) is 5.32 Å². The zero-order valence-corrected chi connectivity index (χ0v) is 9.65. The third-order valence-electron chi connectivity index (χ3n) is 2.07. The molecule has 0 atom stereocenters. The minimum Gasteiger partial charge on any atom is -0.449 e. The molecule has 0 radical (unpaired) electrons. The lowest BCUT2D eigenvalue weighted by Gasteiger charge is -2.16. The summed E-state index contributed by atoms with van der Waals surface area (Å²) in [5.74, 6) is 0.541. The predicted octanol–water partition coefficient (Wildman–Crippen LogP) is 2.43. The Bertz CT molecular complexity index is 468. The fourth-order valence-electron chi connectivity index (χ4n) is 1.50. The average molecular weight is 235 g/mol. The van der Waals surface area contributed by atoms with Gasteiger partial charge in [-0.1, -0.05) is 12.6 Å². The van der Waals surface area contributed by atoms with E-state index in [4.69, 9.17) is 14.2 Å². The molecule has 1 aromatic carbocycles. The van der Waals surface area contributed by atoms with E-state index in [2.05, 4.69) is 11.9 Å². The van der Waals surface area contributed by atoms with Crippen LogP contribution in [0.25, 0.3) is 0 Å². The molecule has 0 saturated carbocycles. The number of amides is 1. The van der Waals surface area contributed by atoms with Crippen LogP contribution in [0.1, 0.15) is 13.8 Å². The van der Waals surface area contributed by atoms with Gasteiger partial charge in [-0.25, -0.2) is 4.79 Å². The SMILES string of the molecule is C=CNC(=O)Oc1cccc2c1OC(C)(C)O2. The molecular weight excluding hydrogens is 222 g/mol. The Hall–Kier alpha value is -2.17. The molecular formula is C12H13NO4. The number of carbonyl (C=O) groups is 1. The fourth-order valence-corrected chi connectivity index (χ4v) is 1.50. The molecule has 0 aromatic heterocycles. The molecule has 1 N–H and O–H groups in total. The number of para-hydroxylation sites is 1. The molecule has 1 amide bonds. The Balaban J connectivity index is 2.24. The molecule has 0 spiro atoms. The van der Waals surface area contributed by atoms with Gasteiger partial charge in [-0.2, -0.15) is 0 Å². The minimum absolute atomic E-state index is 0.312. The molecule has 1 aliphatic heterocycles.